The third kappa shape index (κ3) is 3.59. The van der Waals surface area contributed by atoms with Crippen molar-refractivity contribution in [1.82, 2.24) is 0 Å². The first-order valence-electron chi connectivity index (χ1n) is 8.60. The van der Waals surface area contributed by atoms with Crippen molar-refractivity contribution in [2.24, 2.45) is 0 Å². The van der Waals surface area contributed by atoms with Crippen molar-refractivity contribution >= 4 is 40.8 Å². The van der Waals surface area contributed by atoms with Crippen LogP contribution in [-0.4, -0.2) is 11.6 Å². The molecule has 28 heavy (non-hydrogen) atoms. The zero-order valence-electron chi connectivity index (χ0n) is 14.6. The summed E-state index contributed by atoms with van der Waals surface area (Å²) in [6, 6.07) is 19.4. The first-order chi connectivity index (χ1) is 13.5. The van der Waals surface area contributed by atoms with Crippen LogP contribution < -0.4 is 4.74 Å². The van der Waals surface area contributed by atoms with Crippen molar-refractivity contribution in [2.45, 2.75) is 6.61 Å². The molecule has 138 valence electrons. The fourth-order valence-electron chi connectivity index (χ4n) is 3.03. The molecule has 0 N–H and O–H groups in total. The molecule has 0 fully saturated rings. The molecule has 1 aliphatic carbocycles. The van der Waals surface area contributed by atoms with Crippen LogP contribution in [0, 0.1) is 0 Å². The number of ether oxygens (including phenoxy) is 1. The van der Waals surface area contributed by atoms with Crippen molar-refractivity contribution in [1.29, 1.82) is 0 Å². The van der Waals surface area contributed by atoms with E-state index < -0.39 is 0 Å². The molecule has 0 aliphatic heterocycles. The van der Waals surface area contributed by atoms with E-state index in [1.807, 2.05) is 6.07 Å². The Morgan fingerprint density at radius 3 is 2.04 bits per heavy atom. The van der Waals surface area contributed by atoms with Crippen molar-refractivity contribution in [3.8, 4) is 5.75 Å². The van der Waals surface area contributed by atoms with Crippen LogP contribution in [0.5, 0.6) is 5.75 Å². The molecule has 0 aromatic heterocycles. The van der Waals surface area contributed by atoms with Gasteiger partial charge in [0.05, 0.1) is 15.6 Å². The molecule has 0 heterocycles. The lowest BCUT2D eigenvalue weighted by Gasteiger charge is -2.07. The van der Waals surface area contributed by atoms with Gasteiger partial charge in [-0.3, -0.25) is 9.59 Å². The Bertz CT molecular complexity index is 1080. The van der Waals surface area contributed by atoms with Crippen molar-refractivity contribution in [3.05, 3.63) is 105 Å². The van der Waals surface area contributed by atoms with Crippen LogP contribution in [0.3, 0.4) is 0 Å². The van der Waals surface area contributed by atoms with Crippen molar-refractivity contribution in [2.75, 3.05) is 0 Å². The molecule has 0 unspecified atom stereocenters. The number of hydrogen-bond acceptors (Lipinski definition) is 3. The van der Waals surface area contributed by atoms with Gasteiger partial charge in [-0.2, -0.15) is 0 Å². The molecule has 4 rings (SSSR count). The molecule has 3 aromatic rings. The average Bonchev–Trinajstić information content (AvgIpc) is 2.95. The summed E-state index contributed by atoms with van der Waals surface area (Å²) >= 11 is 11.9. The normalized spacial score (nSPS) is 12.9. The Labute approximate surface area is 172 Å². The van der Waals surface area contributed by atoms with E-state index in [0.29, 0.717) is 33.5 Å². The van der Waals surface area contributed by atoms with Gasteiger partial charge < -0.3 is 4.74 Å². The lowest BCUT2D eigenvalue weighted by Crippen LogP contribution is -2.00. The van der Waals surface area contributed by atoms with E-state index in [1.165, 1.54) is 0 Å². The van der Waals surface area contributed by atoms with E-state index in [4.69, 9.17) is 27.9 Å². The zero-order valence-corrected chi connectivity index (χ0v) is 16.1. The Kier molecular flexibility index (Phi) is 5.03. The van der Waals surface area contributed by atoms with Gasteiger partial charge in [0.2, 0.25) is 0 Å². The van der Waals surface area contributed by atoms with Gasteiger partial charge in [-0.1, -0.05) is 65.7 Å². The molecular formula is C23H14Cl2O3. The Balaban J connectivity index is 1.48. The highest BCUT2D eigenvalue weighted by atomic mass is 35.5. The second kappa shape index (κ2) is 7.63. The molecule has 0 radical (unpaired) electrons. The summed E-state index contributed by atoms with van der Waals surface area (Å²) in [7, 11) is 0. The number of fused-ring (bicyclic) bond motifs is 1. The molecular weight excluding hydrogens is 395 g/mol. The minimum Gasteiger partial charge on any atom is -0.489 e. The summed E-state index contributed by atoms with van der Waals surface area (Å²) in [5, 5.41) is 0.984. The van der Waals surface area contributed by atoms with Gasteiger partial charge in [0, 0.05) is 11.1 Å². The van der Waals surface area contributed by atoms with E-state index >= 15 is 0 Å². The molecule has 3 aromatic carbocycles. The molecule has 0 spiro atoms. The molecule has 0 amide bonds. The van der Waals surface area contributed by atoms with Crippen LogP contribution >= 0.6 is 23.2 Å². The van der Waals surface area contributed by atoms with Gasteiger partial charge >= 0.3 is 0 Å². The largest absolute Gasteiger partial charge is 0.489 e. The lowest BCUT2D eigenvalue weighted by molar-refractivity contribution is 0.0990. The number of Topliss-reactive ketones (excluding diaryl/α,β-unsaturated/α-hetero) is 2. The number of benzene rings is 3. The van der Waals surface area contributed by atoms with Gasteiger partial charge in [0.15, 0.2) is 11.6 Å². The Morgan fingerprint density at radius 1 is 0.786 bits per heavy atom. The van der Waals surface area contributed by atoms with E-state index in [-0.39, 0.29) is 17.1 Å². The lowest BCUT2D eigenvalue weighted by atomic mass is 10.1. The summed E-state index contributed by atoms with van der Waals surface area (Å²) in [5.41, 5.74) is 2.76. The highest BCUT2D eigenvalue weighted by Crippen LogP contribution is 2.28. The van der Waals surface area contributed by atoms with Gasteiger partial charge in [-0.05, 0) is 41.5 Å². The second-order valence-corrected chi connectivity index (χ2v) is 7.18. The number of rotatable bonds is 4. The first-order valence-corrected chi connectivity index (χ1v) is 9.35. The smallest absolute Gasteiger partial charge is 0.197 e. The highest BCUT2D eigenvalue weighted by molar-refractivity contribution is 6.42. The molecule has 1 aliphatic rings. The minimum absolute atomic E-state index is 0.186. The van der Waals surface area contributed by atoms with E-state index in [9.17, 15) is 9.59 Å². The maximum atomic E-state index is 12.5. The molecule has 0 saturated carbocycles. The monoisotopic (exact) mass is 408 g/mol. The second-order valence-electron chi connectivity index (χ2n) is 6.37. The first kappa shape index (κ1) is 18.5. The van der Waals surface area contributed by atoms with Crippen LogP contribution in [0.15, 0.2) is 72.3 Å². The van der Waals surface area contributed by atoms with Crippen LogP contribution in [0.4, 0.5) is 0 Å². The quantitative estimate of drug-likeness (QED) is 0.390. The standard InChI is InChI=1S/C23H14Cl2O3/c24-20-10-7-15(12-21(20)25)13-28-16-8-5-14(6-9-16)11-19-22(26)17-3-1-2-4-18(17)23(19)27/h1-12H,13H2. The number of hydrogen-bond donors (Lipinski definition) is 0. The third-order valence-electron chi connectivity index (χ3n) is 4.49. The van der Waals surface area contributed by atoms with Crippen LogP contribution in [0.1, 0.15) is 31.8 Å². The summed E-state index contributed by atoms with van der Waals surface area (Å²) in [6.07, 6.45) is 1.62. The fourth-order valence-corrected chi connectivity index (χ4v) is 3.35. The molecule has 0 saturated heterocycles. The Hall–Kier alpha value is -2.88. The number of carbonyl (C=O) groups excluding carboxylic acids is 2. The van der Waals surface area contributed by atoms with Gasteiger partial charge in [0.25, 0.3) is 0 Å². The predicted octanol–water partition coefficient (Wildman–Crippen LogP) is 6.04. The molecule has 0 atom stereocenters. The van der Waals surface area contributed by atoms with Gasteiger partial charge in [-0.25, -0.2) is 0 Å². The summed E-state index contributed by atoms with van der Waals surface area (Å²) in [6.45, 7) is 0.351. The van der Waals surface area contributed by atoms with E-state index in [0.717, 1.165) is 11.1 Å². The minimum atomic E-state index is -0.236. The fraction of sp³-hybridized carbons (Fsp3) is 0.0435. The average molecular weight is 409 g/mol. The summed E-state index contributed by atoms with van der Waals surface area (Å²) in [5.74, 6) is 0.196. The van der Waals surface area contributed by atoms with Crippen LogP contribution in [0.25, 0.3) is 6.08 Å². The topological polar surface area (TPSA) is 43.4 Å². The van der Waals surface area contributed by atoms with Gasteiger partial charge in [0.1, 0.15) is 12.4 Å². The maximum Gasteiger partial charge on any atom is 0.197 e. The summed E-state index contributed by atoms with van der Waals surface area (Å²) in [4.78, 5) is 24.9. The SMILES string of the molecule is O=C1C(=Cc2ccc(OCc3ccc(Cl)c(Cl)c3)cc2)C(=O)c2ccccc21. The van der Waals surface area contributed by atoms with Crippen LogP contribution in [0.2, 0.25) is 10.0 Å². The molecule has 5 heteroatoms. The molecule has 3 nitrogen and oxygen atoms in total. The van der Waals surface area contributed by atoms with E-state index in [2.05, 4.69) is 0 Å². The number of halogens is 2. The van der Waals surface area contributed by atoms with Gasteiger partial charge in [-0.15, -0.1) is 0 Å². The van der Waals surface area contributed by atoms with Crippen molar-refractivity contribution in [3.63, 3.8) is 0 Å². The number of ketones is 2. The third-order valence-corrected chi connectivity index (χ3v) is 5.23. The van der Waals surface area contributed by atoms with E-state index in [1.54, 1.807) is 66.7 Å². The number of allylic oxidation sites excluding steroid dienone is 1. The molecule has 0 bridgehead atoms. The maximum absolute atomic E-state index is 12.5. The number of carbonyl (C=O) groups is 2. The predicted molar refractivity (Wildman–Crippen MR) is 110 cm³/mol. The highest BCUT2D eigenvalue weighted by Gasteiger charge is 2.32. The summed E-state index contributed by atoms with van der Waals surface area (Å²) < 4.78 is 5.75. The zero-order chi connectivity index (χ0) is 19.7. The Morgan fingerprint density at radius 2 is 1.43 bits per heavy atom. The van der Waals surface area contributed by atoms with Crippen molar-refractivity contribution < 1.29 is 14.3 Å². The van der Waals surface area contributed by atoms with Crippen LogP contribution in [-0.2, 0) is 6.61 Å².